The molecule has 0 spiro atoms. The maximum Gasteiger partial charge on any atom is 0.178 e. The summed E-state index contributed by atoms with van der Waals surface area (Å²) in [5.41, 5.74) is 0. The van der Waals surface area contributed by atoms with E-state index in [4.69, 9.17) is 0 Å². The molecular formula is C13H19NO2S. The first-order valence-electron chi connectivity index (χ1n) is 6.20. The second-order valence-electron chi connectivity index (χ2n) is 4.57. The predicted molar refractivity (Wildman–Crippen MR) is 68.8 cm³/mol. The fourth-order valence-corrected chi connectivity index (χ4v) is 3.62. The van der Waals surface area contributed by atoms with Gasteiger partial charge in [0.15, 0.2) is 9.84 Å². The Morgan fingerprint density at radius 3 is 2.59 bits per heavy atom. The van der Waals surface area contributed by atoms with Crippen LogP contribution in [0.4, 0.5) is 0 Å². The third-order valence-corrected chi connectivity index (χ3v) is 5.01. The first kappa shape index (κ1) is 12.6. The summed E-state index contributed by atoms with van der Waals surface area (Å²) in [5, 5.41) is 3.38. The summed E-state index contributed by atoms with van der Waals surface area (Å²) in [6.07, 6.45) is 4.24. The van der Waals surface area contributed by atoms with Crippen LogP contribution in [-0.2, 0) is 9.84 Å². The molecule has 17 heavy (non-hydrogen) atoms. The summed E-state index contributed by atoms with van der Waals surface area (Å²) in [7, 11) is -3.10. The topological polar surface area (TPSA) is 46.2 Å². The van der Waals surface area contributed by atoms with Crippen molar-refractivity contribution in [2.75, 3.05) is 12.3 Å². The summed E-state index contributed by atoms with van der Waals surface area (Å²) in [4.78, 5) is 0.441. The quantitative estimate of drug-likeness (QED) is 0.892. The van der Waals surface area contributed by atoms with Crippen LogP contribution in [0.25, 0.3) is 0 Å². The van der Waals surface area contributed by atoms with Gasteiger partial charge >= 0.3 is 0 Å². The van der Waals surface area contributed by atoms with Crippen molar-refractivity contribution in [2.45, 2.75) is 36.6 Å². The minimum absolute atomic E-state index is 0.245. The van der Waals surface area contributed by atoms with Crippen LogP contribution in [-0.4, -0.2) is 26.8 Å². The molecule has 0 unspecified atom stereocenters. The first-order chi connectivity index (χ1) is 8.18. The number of benzene rings is 1. The van der Waals surface area contributed by atoms with Gasteiger partial charge in [-0.15, -0.1) is 0 Å². The molecule has 1 fully saturated rings. The van der Waals surface area contributed by atoms with Gasteiger partial charge in [0.2, 0.25) is 0 Å². The second kappa shape index (κ2) is 5.65. The molecule has 0 aliphatic carbocycles. The van der Waals surface area contributed by atoms with E-state index in [0.717, 1.165) is 19.4 Å². The Bertz CT molecular complexity index is 436. The van der Waals surface area contributed by atoms with Crippen molar-refractivity contribution in [1.29, 1.82) is 0 Å². The highest BCUT2D eigenvalue weighted by Crippen LogP contribution is 2.15. The molecule has 1 aliphatic rings. The van der Waals surface area contributed by atoms with Crippen LogP contribution < -0.4 is 5.32 Å². The highest BCUT2D eigenvalue weighted by Gasteiger charge is 2.18. The molecule has 0 radical (unpaired) electrons. The SMILES string of the molecule is O=S(=O)(CC[C@@H]1CCCCN1)c1ccccc1. The standard InChI is InChI=1S/C13H19NO2S/c15-17(16,13-7-2-1-3-8-13)11-9-12-6-4-5-10-14-12/h1-3,7-8,12,14H,4-6,9-11H2/t12-/m0/s1. The van der Waals surface area contributed by atoms with E-state index in [1.807, 2.05) is 6.07 Å². The van der Waals surface area contributed by atoms with E-state index < -0.39 is 9.84 Å². The third kappa shape index (κ3) is 3.54. The molecule has 0 aromatic heterocycles. The molecule has 2 rings (SSSR count). The van der Waals surface area contributed by atoms with Gasteiger partial charge in [-0.1, -0.05) is 24.6 Å². The average Bonchev–Trinajstić information content (AvgIpc) is 2.39. The number of sulfone groups is 1. The zero-order valence-electron chi connectivity index (χ0n) is 9.93. The van der Waals surface area contributed by atoms with E-state index in [-0.39, 0.29) is 5.75 Å². The monoisotopic (exact) mass is 253 g/mol. The molecule has 1 saturated heterocycles. The Balaban J connectivity index is 1.94. The van der Waals surface area contributed by atoms with Gasteiger partial charge in [0.25, 0.3) is 0 Å². The predicted octanol–water partition coefficient (Wildman–Crippen LogP) is 1.99. The summed E-state index contributed by atoms with van der Waals surface area (Å²) < 4.78 is 24.1. The van der Waals surface area contributed by atoms with E-state index in [0.29, 0.717) is 10.9 Å². The average molecular weight is 253 g/mol. The Kier molecular flexibility index (Phi) is 4.18. The van der Waals surface area contributed by atoms with Crippen molar-refractivity contribution in [2.24, 2.45) is 0 Å². The van der Waals surface area contributed by atoms with Crippen molar-refractivity contribution in [1.82, 2.24) is 5.32 Å². The lowest BCUT2D eigenvalue weighted by molar-refractivity contribution is 0.392. The minimum Gasteiger partial charge on any atom is -0.314 e. The van der Waals surface area contributed by atoms with E-state index in [1.54, 1.807) is 24.3 Å². The maximum atomic E-state index is 12.0. The highest BCUT2D eigenvalue weighted by atomic mass is 32.2. The van der Waals surface area contributed by atoms with E-state index in [2.05, 4.69) is 5.32 Å². The third-order valence-electron chi connectivity index (χ3n) is 3.25. The van der Waals surface area contributed by atoms with Gasteiger partial charge in [-0.2, -0.15) is 0 Å². The molecule has 0 amide bonds. The fraction of sp³-hybridized carbons (Fsp3) is 0.538. The lowest BCUT2D eigenvalue weighted by Crippen LogP contribution is -2.35. The zero-order valence-corrected chi connectivity index (χ0v) is 10.7. The van der Waals surface area contributed by atoms with Gasteiger partial charge in [-0.25, -0.2) is 8.42 Å². The van der Waals surface area contributed by atoms with Crippen molar-refractivity contribution in [3.63, 3.8) is 0 Å². The molecule has 4 heteroatoms. The lowest BCUT2D eigenvalue weighted by Gasteiger charge is -2.23. The number of nitrogens with one attached hydrogen (secondary N) is 1. The van der Waals surface area contributed by atoms with E-state index >= 15 is 0 Å². The van der Waals surface area contributed by atoms with Crippen LogP contribution in [0.5, 0.6) is 0 Å². The maximum absolute atomic E-state index is 12.0. The highest BCUT2D eigenvalue weighted by molar-refractivity contribution is 7.91. The molecule has 1 N–H and O–H groups in total. The summed E-state index contributed by atoms with van der Waals surface area (Å²) >= 11 is 0. The second-order valence-corrected chi connectivity index (χ2v) is 6.68. The Labute approximate surface area is 103 Å². The molecule has 94 valence electrons. The van der Waals surface area contributed by atoms with Gasteiger partial charge in [0.1, 0.15) is 0 Å². The minimum atomic E-state index is -3.10. The van der Waals surface area contributed by atoms with Crippen molar-refractivity contribution < 1.29 is 8.42 Å². The Morgan fingerprint density at radius 2 is 1.94 bits per heavy atom. The van der Waals surface area contributed by atoms with Crippen LogP contribution in [0.2, 0.25) is 0 Å². The molecule has 3 nitrogen and oxygen atoms in total. The van der Waals surface area contributed by atoms with Gasteiger partial charge in [-0.3, -0.25) is 0 Å². The number of hydrogen-bond acceptors (Lipinski definition) is 3. The number of hydrogen-bond donors (Lipinski definition) is 1. The van der Waals surface area contributed by atoms with Crippen LogP contribution in [0.3, 0.4) is 0 Å². The molecular weight excluding hydrogens is 234 g/mol. The Morgan fingerprint density at radius 1 is 1.18 bits per heavy atom. The number of piperidine rings is 1. The Hall–Kier alpha value is -0.870. The van der Waals surface area contributed by atoms with Crippen LogP contribution in [0, 0.1) is 0 Å². The summed E-state index contributed by atoms with van der Waals surface area (Å²) in [5.74, 6) is 0.245. The fourth-order valence-electron chi connectivity index (χ4n) is 2.21. The molecule has 1 heterocycles. The van der Waals surface area contributed by atoms with Crippen LogP contribution in [0.1, 0.15) is 25.7 Å². The van der Waals surface area contributed by atoms with Crippen LogP contribution >= 0.6 is 0 Å². The number of rotatable bonds is 4. The molecule has 0 bridgehead atoms. The normalized spacial score (nSPS) is 21.3. The molecule has 0 saturated carbocycles. The van der Waals surface area contributed by atoms with E-state index in [1.165, 1.54) is 12.8 Å². The zero-order chi connectivity index (χ0) is 12.1. The van der Waals surface area contributed by atoms with Gasteiger partial charge in [-0.05, 0) is 37.9 Å². The van der Waals surface area contributed by atoms with Crippen molar-refractivity contribution in [3.8, 4) is 0 Å². The van der Waals surface area contributed by atoms with Crippen molar-refractivity contribution in [3.05, 3.63) is 30.3 Å². The largest absolute Gasteiger partial charge is 0.314 e. The van der Waals surface area contributed by atoms with Crippen molar-refractivity contribution >= 4 is 9.84 Å². The first-order valence-corrected chi connectivity index (χ1v) is 7.85. The summed E-state index contributed by atoms with van der Waals surface area (Å²) in [6.45, 7) is 1.02. The van der Waals surface area contributed by atoms with Crippen LogP contribution in [0.15, 0.2) is 35.2 Å². The van der Waals surface area contributed by atoms with Gasteiger partial charge in [0, 0.05) is 6.04 Å². The van der Waals surface area contributed by atoms with Gasteiger partial charge < -0.3 is 5.32 Å². The molecule has 1 aromatic rings. The lowest BCUT2D eigenvalue weighted by atomic mass is 10.0. The van der Waals surface area contributed by atoms with E-state index in [9.17, 15) is 8.42 Å². The summed E-state index contributed by atoms with van der Waals surface area (Å²) in [6, 6.07) is 9.09. The van der Waals surface area contributed by atoms with Gasteiger partial charge in [0.05, 0.1) is 10.6 Å². The smallest absolute Gasteiger partial charge is 0.178 e. The molecule has 1 aliphatic heterocycles. The molecule has 1 atom stereocenters. The molecule has 1 aromatic carbocycles.